The summed E-state index contributed by atoms with van der Waals surface area (Å²) in [5.74, 6) is -0.881. The topological polar surface area (TPSA) is 96.9 Å². The zero-order valence-electron chi connectivity index (χ0n) is 11.1. The monoisotopic (exact) mass is 257 g/mol. The van der Waals surface area contributed by atoms with Crippen LogP contribution in [0.2, 0.25) is 0 Å². The van der Waals surface area contributed by atoms with Crippen molar-refractivity contribution >= 4 is 11.7 Å². The largest absolute Gasteiger partial charge is 0.409 e. The predicted molar refractivity (Wildman–Crippen MR) is 68.3 cm³/mol. The third-order valence-corrected chi connectivity index (χ3v) is 3.16. The minimum atomic E-state index is -0.599. The van der Waals surface area contributed by atoms with Crippen LogP contribution in [0.25, 0.3) is 0 Å². The molecule has 1 amide bonds. The Bertz CT molecular complexity index is 299. The molecule has 1 aliphatic rings. The Morgan fingerprint density at radius 1 is 1.56 bits per heavy atom. The van der Waals surface area contributed by atoms with E-state index in [4.69, 9.17) is 15.7 Å². The maximum atomic E-state index is 12.0. The SMILES string of the molecule is CC(C)C(C(=O)NCC1CCCCO1)C(N)=NO. The van der Waals surface area contributed by atoms with E-state index in [9.17, 15) is 4.79 Å². The molecule has 0 aromatic rings. The standard InChI is InChI=1S/C12H23N3O3/c1-8(2)10(11(13)15-17)12(16)14-7-9-5-3-4-6-18-9/h8-10,17H,3-7H2,1-2H3,(H2,13,15)(H,14,16). The Hall–Kier alpha value is -1.30. The van der Waals surface area contributed by atoms with Crippen LogP contribution < -0.4 is 11.1 Å². The summed E-state index contributed by atoms with van der Waals surface area (Å²) in [5.41, 5.74) is 5.54. The quantitative estimate of drug-likeness (QED) is 0.292. The van der Waals surface area contributed by atoms with E-state index in [1.807, 2.05) is 13.8 Å². The molecule has 2 unspecified atom stereocenters. The van der Waals surface area contributed by atoms with Crippen molar-refractivity contribution in [3.8, 4) is 0 Å². The summed E-state index contributed by atoms with van der Waals surface area (Å²) in [6.07, 6.45) is 3.27. The molecule has 0 saturated carbocycles. The highest BCUT2D eigenvalue weighted by Crippen LogP contribution is 2.14. The first-order valence-electron chi connectivity index (χ1n) is 6.43. The fraction of sp³-hybridized carbons (Fsp3) is 0.833. The highest BCUT2D eigenvalue weighted by Gasteiger charge is 2.27. The van der Waals surface area contributed by atoms with Gasteiger partial charge in [0.15, 0.2) is 5.84 Å². The molecule has 18 heavy (non-hydrogen) atoms. The molecule has 1 heterocycles. The van der Waals surface area contributed by atoms with Crippen LogP contribution in [-0.4, -0.2) is 36.2 Å². The first-order valence-corrected chi connectivity index (χ1v) is 6.43. The molecule has 0 aromatic heterocycles. The van der Waals surface area contributed by atoms with Crippen LogP contribution in [-0.2, 0) is 9.53 Å². The lowest BCUT2D eigenvalue weighted by molar-refractivity contribution is -0.125. The summed E-state index contributed by atoms with van der Waals surface area (Å²) in [4.78, 5) is 12.0. The van der Waals surface area contributed by atoms with Crippen LogP contribution in [0.15, 0.2) is 5.16 Å². The molecule has 2 atom stereocenters. The van der Waals surface area contributed by atoms with Crippen LogP contribution in [0, 0.1) is 11.8 Å². The van der Waals surface area contributed by atoms with Crippen molar-refractivity contribution in [1.82, 2.24) is 5.32 Å². The van der Waals surface area contributed by atoms with Gasteiger partial charge in [-0.2, -0.15) is 0 Å². The van der Waals surface area contributed by atoms with E-state index < -0.39 is 5.92 Å². The van der Waals surface area contributed by atoms with Crippen LogP contribution in [0.5, 0.6) is 0 Å². The molecule has 0 radical (unpaired) electrons. The fourth-order valence-corrected chi connectivity index (χ4v) is 2.13. The summed E-state index contributed by atoms with van der Waals surface area (Å²) in [5, 5.41) is 14.4. The number of carbonyl (C=O) groups is 1. The normalized spacial score (nSPS) is 22.8. The second-order valence-electron chi connectivity index (χ2n) is 4.98. The van der Waals surface area contributed by atoms with E-state index in [0.29, 0.717) is 6.54 Å². The summed E-state index contributed by atoms with van der Waals surface area (Å²) in [6, 6.07) is 0. The molecule has 0 spiro atoms. The highest BCUT2D eigenvalue weighted by atomic mass is 16.5. The molecule has 1 aliphatic heterocycles. The van der Waals surface area contributed by atoms with Gasteiger partial charge in [0, 0.05) is 13.2 Å². The summed E-state index contributed by atoms with van der Waals surface area (Å²) >= 11 is 0. The Labute approximate surface area is 108 Å². The maximum Gasteiger partial charge on any atom is 0.231 e. The van der Waals surface area contributed by atoms with Gasteiger partial charge in [-0.15, -0.1) is 0 Å². The van der Waals surface area contributed by atoms with Crippen molar-refractivity contribution < 1.29 is 14.7 Å². The van der Waals surface area contributed by atoms with Gasteiger partial charge in [-0.05, 0) is 25.2 Å². The predicted octanol–water partition coefficient (Wildman–Crippen LogP) is 0.690. The van der Waals surface area contributed by atoms with Crippen molar-refractivity contribution in [2.75, 3.05) is 13.2 Å². The smallest absolute Gasteiger partial charge is 0.231 e. The molecular formula is C12H23N3O3. The third-order valence-electron chi connectivity index (χ3n) is 3.16. The molecule has 6 heteroatoms. The fourth-order valence-electron chi connectivity index (χ4n) is 2.13. The average molecular weight is 257 g/mol. The Morgan fingerprint density at radius 2 is 2.28 bits per heavy atom. The molecule has 1 rings (SSSR count). The molecule has 0 aromatic carbocycles. The van der Waals surface area contributed by atoms with Crippen LogP contribution in [0.3, 0.4) is 0 Å². The van der Waals surface area contributed by atoms with Crippen molar-refractivity contribution in [2.24, 2.45) is 22.7 Å². The Kier molecular flexibility index (Phi) is 5.91. The number of oxime groups is 1. The van der Waals surface area contributed by atoms with E-state index >= 15 is 0 Å². The first-order chi connectivity index (χ1) is 8.56. The highest BCUT2D eigenvalue weighted by molar-refractivity contribution is 6.02. The number of hydrogen-bond acceptors (Lipinski definition) is 4. The van der Waals surface area contributed by atoms with Crippen molar-refractivity contribution in [1.29, 1.82) is 0 Å². The third kappa shape index (κ3) is 4.18. The summed E-state index contributed by atoms with van der Waals surface area (Å²) < 4.78 is 5.53. The number of nitrogens with one attached hydrogen (secondary N) is 1. The van der Waals surface area contributed by atoms with Crippen molar-refractivity contribution in [2.45, 2.75) is 39.2 Å². The van der Waals surface area contributed by atoms with Gasteiger partial charge in [-0.25, -0.2) is 0 Å². The first kappa shape index (κ1) is 14.8. The molecule has 0 bridgehead atoms. The van der Waals surface area contributed by atoms with E-state index in [1.54, 1.807) is 0 Å². The molecule has 1 fully saturated rings. The number of amides is 1. The van der Waals surface area contributed by atoms with E-state index in [0.717, 1.165) is 25.9 Å². The number of hydrogen-bond donors (Lipinski definition) is 3. The Balaban J connectivity index is 2.46. The number of rotatable bonds is 5. The zero-order valence-corrected chi connectivity index (χ0v) is 11.1. The second kappa shape index (κ2) is 7.20. The molecule has 6 nitrogen and oxygen atoms in total. The molecule has 0 aliphatic carbocycles. The molecule has 104 valence electrons. The van der Waals surface area contributed by atoms with Crippen molar-refractivity contribution in [3.63, 3.8) is 0 Å². The summed E-state index contributed by atoms with van der Waals surface area (Å²) in [6.45, 7) is 4.97. The average Bonchev–Trinajstić information content (AvgIpc) is 2.37. The molecular weight excluding hydrogens is 234 g/mol. The van der Waals surface area contributed by atoms with Gasteiger partial charge in [0.25, 0.3) is 0 Å². The number of ether oxygens (including phenoxy) is 1. The van der Waals surface area contributed by atoms with Crippen LogP contribution >= 0.6 is 0 Å². The lowest BCUT2D eigenvalue weighted by Crippen LogP contribution is -2.44. The number of amidine groups is 1. The van der Waals surface area contributed by atoms with Gasteiger partial charge in [-0.3, -0.25) is 4.79 Å². The summed E-state index contributed by atoms with van der Waals surface area (Å²) in [7, 11) is 0. The van der Waals surface area contributed by atoms with Gasteiger partial charge < -0.3 is 21.0 Å². The van der Waals surface area contributed by atoms with Crippen LogP contribution in [0.1, 0.15) is 33.1 Å². The molecule has 4 N–H and O–H groups in total. The van der Waals surface area contributed by atoms with E-state index in [2.05, 4.69) is 10.5 Å². The lowest BCUT2D eigenvalue weighted by atomic mass is 9.93. The minimum Gasteiger partial charge on any atom is -0.409 e. The number of carbonyl (C=O) groups excluding carboxylic acids is 1. The van der Waals surface area contributed by atoms with Gasteiger partial charge in [0.1, 0.15) is 5.92 Å². The lowest BCUT2D eigenvalue weighted by Gasteiger charge is -2.24. The molecule has 1 saturated heterocycles. The second-order valence-corrected chi connectivity index (χ2v) is 4.98. The Morgan fingerprint density at radius 3 is 2.78 bits per heavy atom. The van der Waals surface area contributed by atoms with Gasteiger partial charge in [0.05, 0.1) is 6.10 Å². The van der Waals surface area contributed by atoms with Crippen molar-refractivity contribution in [3.05, 3.63) is 0 Å². The van der Waals surface area contributed by atoms with E-state index in [1.165, 1.54) is 0 Å². The minimum absolute atomic E-state index is 0.0202. The van der Waals surface area contributed by atoms with Gasteiger partial charge in [0.2, 0.25) is 5.91 Å². The van der Waals surface area contributed by atoms with Gasteiger partial charge in [-0.1, -0.05) is 19.0 Å². The number of nitrogens with zero attached hydrogens (tertiary/aromatic N) is 1. The van der Waals surface area contributed by atoms with E-state index in [-0.39, 0.29) is 23.8 Å². The maximum absolute atomic E-state index is 12.0. The van der Waals surface area contributed by atoms with Gasteiger partial charge >= 0.3 is 0 Å². The number of nitrogens with two attached hydrogens (primary N) is 1. The van der Waals surface area contributed by atoms with Crippen LogP contribution in [0.4, 0.5) is 0 Å². The zero-order chi connectivity index (χ0) is 13.5.